The zero-order chi connectivity index (χ0) is 29.1. The summed E-state index contributed by atoms with van der Waals surface area (Å²) in [5.74, 6) is -2.91. The molecule has 0 spiro atoms. The fraction of sp³-hybridized carbons (Fsp3) is 0.290. The predicted molar refractivity (Wildman–Crippen MR) is 143 cm³/mol. The summed E-state index contributed by atoms with van der Waals surface area (Å²) < 4.78 is 69.8. The fourth-order valence-corrected chi connectivity index (χ4v) is 3.83. The first-order chi connectivity index (χ1) is 19.1. The van der Waals surface area contributed by atoms with E-state index < -0.39 is 42.0 Å². The number of esters is 2. The number of alkyl halides is 3. The molecule has 40 heavy (non-hydrogen) atoms. The number of halogens is 4. The van der Waals surface area contributed by atoms with Crippen molar-refractivity contribution in [3.8, 4) is 22.6 Å². The number of carbonyl (C=O) groups is 2. The third-order valence-corrected chi connectivity index (χ3v) is 5.98. The summed E-state index contributed by atoms with van der Waals surface area (Å²) in [5.41, 5.74) is 1.23. The quantitative estimate of drug-likeness (QED) is 0.0694. The van der Waals surface area contributed by atoms with E-state index in [1.807, 2.05) is 31.2 Å². The largest absolute Gasteiger partial charge is 0.490 e. The Morgan fingerprint density at radius 1 is 0.875 bits per heavy atom. The van der Waals surface area contributed by atoms with Gasteiger partial charge in [-0.2, -0.15) is 13.2 Å². The smallest absolute Gasteiger partial charge is 0.425 e. The third-order valence-electron chi connectivity index (χ3n) is 5.98. The Hall–Kier alpha value is -4.14. The number of ether oxygens (including phenoxy) is 3. The van der Waals surface area contributed by atoms with E-state index in [-0.39, 0.29) is 17.7 Å². The summed E-state index contributed by atoms with van der Waals surface area (Å²) in [6.45, 7) is 5.91. The molecule has 0 amide bonds. The van der Waals surface area contributed by atoms with Crippen LogP contribution in [0.1, 0.15) is 59.7 Å². The van der Waals surface area contributed by atoms with E-state index >= 15 is 0 Å². The van der Waals surface area contributed by atoms with Crippen molar-refractivity contribution in [3.05, 3.63) is 96.3 Å². The van der Waals surface area contributed by atoms with Crippen LogP contribution in [0.4, 0.5) is 17.6 Å². The molecule has 5 nitrogen and oxygen atoms in total. The maximum Gasteiger partial charge on any atom is 0.425 e. The second-order valence-corrected chi connectivity index (χ2v) is 9.02. The van der Waals surface area contributed by atoms with Crippen molar-refractivity contribution < 1.29 is 41.4 Å². The van der Waals surface area contributed by atoms with E-state index in [0.717, 1.165) is 42.2 Å². The molecule has 0 saturated carbocycles. The second-order valence-electron chi connectivity index (χ2n) is 9.02. The van der Waals surface area contributed by atoms with Crippen LogP contribution in [0.3, 0.4) is 0 Å². The van der Waals surface area contributed by atoms with Crippen LogP contribution in [-0.2, 0) is 4.74 Å². The maximum atomic E-state index is 14.6. The number of hydrogen-bond donors (Lipinski definition) is 0. The first-order valence-corrected chi connectivity index (χ1v) is 12.9. The molecule has 0 bridgehead atoms. The summed E-state index contributed by atoms with van der Waals surface area (Å²) >= 11 is 0. The van der Waals surface area contributed by atoms with Gasteiger partial charge in [0.15, 0.2) is 6.10 Å². The Balaban J connectivity index is 1.62. The Morgan fingerprint density at radius 2 is 1.50 bits per heavy atom. The van der Waals surface area contributed by atoms with Gasteiger partial charge in [-0.1, -0.05) is 63.1 Å². The van der Waals surface area contributed by atoms with Crippen LogP contribution < -0.4 is 9.47 Å². The van der Waals surface area contributed by atoms with Gasteiger partial charge in [0, 0.05) is 6.07 Å². The van der Waals surface area contributed by atoms with Crippen molar-refractivity contribution >= 4 is 11.9 Å². The van der Waals surface area contributed by atoms with Crippen molar-refractivity contribution in [2.24, 2.45) is 0 Å². The summed E-state index contributed by atoms with van der Waals surface area (Å²) in [6, 6.07) is 16.7. The van der Waals surface area contributed by atoms with E-state index in [1.54, 1.807) is 30.3 Å². The van der Waals surface area contributed by atoms with Crippen molar-refractivity contribution in [2.45, 2.75) is 51.3 Å². The molecule has 3 rings (SSSR count). The molecule has 9 heteroatoms. The number of hydrogen-bond acceptors (Lipinski definition) is 5. The Labute approximate surface area is 230 Å². The van der Waals surface area contributed by atoms with E-state index in [4.69, 9.17) is 9.47 Å². The van der Waals surface area contributed by atoms with Gasteiger partial charge >= 0.3 is 18.1 Å². The minimum absolute atomic E-state index is 0.190. The topological polar surface area (TPSA) is 61.8 Å². The molecular formula is C31H30F4O5. The molecule has 0 radical (unpaired) electrons. The molecule has 0 N–H and O–H groups in total. The van der Waals surface area contributed by atoms with E-state index in [1.165, 1.54) is 0 Å². The first-order valence-electron chi connectivity index (χ1n) is 12.9. The van der Waals surface area contributed by atoms with E-state index in [9.17, 15) is 27.2 Å². The molecule has 1 unspecified atom stereocenters. The monoisotopic (exact) mass is 558 g/mol. The second kappa shape index (κ2) is 14.3. The van der Waals surface area contributed by atoms with E-state index in [0.29, 0.717) is 18.8 Å². The summed E-state index contributed by atoms with van der Waals surface area (Å²) in [4.78, 5) is 24.9. The summed E-state index contributed by atoms with van der Waals surface area (Å²) in [6.07, 6.45) is -3.47. The van der Waals surface area contributed by atoms with Gasteiger partial charge in [0.05, 0.1) is 11.1 Å². The van der Waals surface area contributed by atoms with Crippen molar-refractivity contribution in [2.75, 3.05) is 6.61 Å². The number of rotatable bonds is 13. The van der Waals surface area contributed by atoms with Crippen molar-refractivity contribution in [3.63, 3.8) is 0 Å². The van der Waals surface area contributed by atoms with Crippen molar-refractivity contribution in [1.82, 2.24) is 0 Å². The van der Waals surface area contributed by atoms with Gasteiger partial charge in [-0.05, 0) is 60.4 Å². The number of carbonyl (C=O) groups excluding carboxylic acids is 2. The normalized spacial score (nSPS) is 11.9. The van der Waals surface area contributed by atoms with Gasteiger partial charge < -0.3 is 14.2 Å². The molecule has 0 aromatic heterocycles. The highest BCUT2D eigenvalue weighted by Gasteiger charge is 2.42. The van der Waals surface area contributed by atoms with Gasteiger partial charge in [0.1, 0.15) is 23.9 Å². The third kappa shape index (κ3) is 8.69. The zero-order valence-electron chi connectivity index (χ0n) is 22.0. The highest BCUT2D eigenvalue weighted by Crippen LogP contribution is 2.29. The van der Waals surface area contributed by atoms with Crippen LogP contribution in [0.25, 0.3) is 11.1 Å². The lowest BCUT2D eigenvalue weighted by Crippen LogP contribution is -2.34. The minimum Gasteiger partial charge on any atom is -0.490 e. The molecule has 0 aliphatic carbocycles. The molecule has 1 atom stereocenters. The van der Waals surface area contributed by atoms with Crippen LogP contribution >= 0.6 is 0 Å². The average molecular weight is 559 g/mol. The van der Waals surface area contributed by atoms with Gasteiger partial charge in [0.2, 0.25) is 0 Å². The molecule has 3 aromatic carbocycles. The van der Waals surface area contributed by atoms with E-state index in [2.05, 4.69) is 11.3 Å². The lowest BCUT2D eigenvalue weighted by atomic mass is 10.0. The fourth-order valence-electron chi connectivity index (χ4n) is 3.83. The standard InChI is InChI=1S/C31H30F4O5/c1-3-5-6-7-8-28(31(33,34)35)40-30(37)26-18-17-25(20-27(26)32)39-29(36)23-11-9-21(10-12-23)22-13-15-24(16-14-22)38-19-4-2/h4,9-18,20,28H,2-3,5-8,19H2,1H3. The minimum atomic E-state index is -4.77. The SMILES string of the molecule is C=CCOc1ccc(-c2ccc(C(=O)Oc3ccc(C(=O)OC(CCCCCC)C(F)(F)F)c(F)c3)cc2)cc1. The van der Waals surface area contributed by atoms with Crippen LogP contribution in [0, 0.1) is 5.82 Å². The Morgan fingerprint density at radius 3 is 2.08 bits per heavy atom. The van der Waals surface area contributed by atoms with Crippen LogP contribution in [0.5, 0.6) is 11.5 Å². The van der Waals surface area contributed by atoms with Crippen LogP contribution in [-0.4, -0.2) is 30.8 Å². The molecule has 0 aliphatic heterocycles. The molecule has 212 valence electrons. The molecule has 3 aromatic rings. The number of unbranched alkanes of at least 4 members (excludes halogenated alkanes) is 3. The molecule has 0 aliphatic rings. The lowest BCUT2D eigenvalue weighted by molar-refractivity contribution is -0.206. The molecular weight excluding hydrogens is 528 g/mol. The van der Waals surface area contributed by atoms with Gasteiger partial charge in [-0.3, -0.25) is 0 Å². The van der Waals surface area contributed by atoms with Crippen LogP contribution in [0.2, 0.25) is 0 Å². The van der Waals surface area contributed by atoms with Crippen LogP contribution in [0.15, 0.2) is 79.4 Å². The van der Waals surface area contributed by atoms with Gasteiger partial charge in [-0.15, -0.1) is 0 Å². The highest BCUT2D eigenvalue weighted by atomic mass is 19.4. The summed E-state index contributed by atoms with van der Waals surface area (Å²) in [5, 5.41) is 0. The first kappa shape index (κ1) is 30.4. The van der Waals surface area contributed by atoms with Gasteiger partial charge in [-0.25, -0.2) is 14.0 Å². The predicted octanol–water partition coefficient (Wildman–Crippen LogP) is 8.33. The average Bonchev–Trinajstić information content (AvgIpc) is 2.93. The lowest BCUT2D eigenvalue weighted by Gasteiger charge is -2.21. The van der Waals surface area contributed by atoms with Crippen molar-refractivity contribution in [1.29, 1.82) is 0 Å². The maximum absolute atomic E-state index is 14.6. The highest BCUT2D eigenvalue weighted by molar-refractivity contribution is 5.92. The molecule has 0 heterocycles. The Bertz CT molecular complexity index is 1280. The summed E-state index contributed by atoms with van der Waals surface area (Å²) in [7, 11) is 0. The number of benzene rings is 3. The molecule has 0 fully saturated rings. The zero-order valence-corrected chi connectivity index (χ0v) is 22.0. The molecule has 0 saturated heterocycles. The van der Waals surface area contributed by atoms with Gasteiger partial charge in [0.25, 0.3) is 0 Å². The Kier molecular flexibility index (Phi) is 10.9.